The normalized spacial score (nSPS) is 18.6. The average molecular weight is 264 g/mol. The van der Waals surface area contributed by atoms with Crippen LogP contribution in [0.25, 0.3) is 0 Å². The zero-order valence-electron chi connectivity index (χ0n) is 10.7. The molecule has 0 unspecified atom stereocenters. The van der Waals surface area contributed by atoms with Gasteiger partial charge in [0.15, 0.2) is 0 Å². The lowest BCUT2D eigenvalue weighted by Crippen LogP contribution is -2.37. The van der Waals surface area contributed by atoms with Gasteiger partial charge in [-0.1, -0.05) is 6.07 Å². The molecule has 1 aliphatic rings. The second kappa shape index (κ2) is 5.36. The fourth-order valence-electron chi connectivity index (χ4n) is 2.43. The molecule has 1 heterocycles. The van der Waals surface area contributed by atoms with Crippen molar-refractivity contribution in [2.75, 3.05) is 13.2 Å². The summed E-state index contributed by atoms with van der Waals surface area (Å²) in [6, 6.07) is 4.27. The maximum Gasteiger partial charge on any atom is 0.282 e. The number of nitrogens with zero attached hydrogens (tertiary/aromatic N) is 2. The molecule has 1 amide bonds. The van der Waals surface area contributed by atoms with Gasteiger partial charge < -0.3 is 10.0 Å². The Morgan fingerprint density at radius 2 is 2.32 bits per heavy atom. The number of nitro benzene ring substituents is 1. The summed E-state index contributed by atoms with van der Waals surface area (Å²) < 4.78 is 0. The van der Waals surface area contributed by atoms with Crippen molar-refractivity contribution >= 4 is 11.6 Å². The quantitative estimate of drug-likeness (QED) is 0.662. The van der Waals surface area contributed by atoms with Crippen LogP contribution in [0.15, 0.2) is 18.2 Å². The van der Waals surface area contributed by atoms with Gasteiger partial charge in [0.2, 0.25) is 0 Å². The minimum Gasteiger partial charge on any atom is -0.394 e. The number of aryl methyl sites for hydroxylation is 1. The van der Waals surface area contributed by atoms with E-state index in [4.69, 9.17) is 0 Å². The van der Waals surface area contributed by atoms with Crippen LogP contribution in [0.3, 0.4) is 0 Å². The Morgan fingerprint density at radius 3 is 2.95 bits per heavy atom. The molecular weight excluding hydrogens is 248 g/mol. The summed E-state index contributed by atoms with van der Waals surface area (Å²) in [5.41, 5.74) is 0.721. The molecule has 0 spiro atoms. The van der Waals surface area contributed by atoms with Crippen molar-refractivity contribution in [2.45, 2.75) is 25.8 Å². The number of carbonyl (C=O) groups is 1. The number of rotatable bonds is 3. The second-order valence-electron chi connectivity index (χ2n) is 4.75. The Morgan fingerprint density at radius 1 is 1.58 bits per heavy atom. The van der Waals surface area contributed by atoms with Crippen LogP contribution < -0.4 is 0 Å². The Hall–Kier alpha value is -1.95. The van der Waals surface area contributed by atoms with Gasteiger partial charge in [-0.15, -0.1) is 0 Å². The first kappa shape index (κ1) is 13.5. The number of likely N-dealkylation sites (tertiary alicyclic amines) is 1. The van der Waals surface area contributed by atoms with E-state index in [0.29, 0.717) is 6.54 Å². The number of aliphatic hydroxyl groups excluding tert-OH is 1. The molecule has 1 saturated heterocycles. The smallest absolute Gasteiger partial charge is 0.282 e. The molecule has 1 atom stereocenters. The van der Waals surface area contributed by atoms with Crippen LogP contribution in [-0.4, -0.2) is 40.0 Å². The van der Waals surface area contributed by atoms with Gasteiger partial charge in [-0.05, 0) is 31.4 Å². The number of benzene rings is 1. The van der Waals surface area contributed by atoms with Gasteiger partial charge in [0, 0.05) is 12.6 Å². The van der Waals surface area contributed by atoms with Gasteiger partial charge in [0.1, 0.15) is 5.56 Å². The first-order chi connectivity index (χ1) is 9.04. The van der Waals surface area contributed by atoms with Gasteiger partial charge in [0.25, 0.3) is 11.6 Å². The maximum absolute atomic E-state index is 12.4. The van der Waals surface area contributed by atoms with Gasteiger partial charge in [0.05, 0.1) is 17.6 Å². The molecule has 0 saturated carbocycles. The number of carbonyl (C=O) groups excluding carboxylic acids is 1. The van der Waals surface area contributed by atoms with Crippen molar-refractivity contribution < 1.29 is 14.8 Å². The summed E-state index contributed by atoms with van der Waals surface area (Å²) in [5.74, 6) is -0.369. The Balaban J connectivity index is 2.37. The first-order valence-electron chi connectivity index (χ1n) is 6.21. The maximum atomic E-state index is 12.4. The standard InChI is InChI=1S/C13H16N2O4/c1-9-4-5-12(15(18)19)11(7-9)13(17)14-6-2-3-10(14)8-16/h4-5,7,10,16H,2-3,6,8H2,1H3/t10-/m1/s1. The first-order valence-corrected chi connectivity index (χ1v) is 6.21. The predicted molar refractivity (Wildman–Crippen MR) is 69.0 cm³/mol. The SMILES string of the molecule is Cc1ccc([N+](=O)[O-])c(C(=O)N2CCC[C@@H]2CO)c1. The summed E-state index contributed by atoms with van der Waals surface area (Å²) in [6.07, 6.45) is 1.55. The zero-order valence-corrected chi connectivity index (χ0v) is 10.7. The molecule has 0 radical (unpaired) electrons. The molecule has 6 heteroatoms. The Labute approximate surface area is 110 Å². The van der Waals surface area contributed by atoms with Crippen LogP contribution in [0.4, 0.5) is 5.69 Å². The largest absolute Gasteiger partial charge is 0.394 e. The Bertz CT molecular complexity index is 515. The van der Waals surface area contributed by atoms with E-state index in [1.165, 1.54) is 17.0 Å². The molecule has 0 aromatic heterocycles. The average Bonchev–Trinajstić information content (AvgIpc) is 2.85. The number of hydrogen-bond acceptors (Lipinski definition) is 4. The molecule has 2 rings (SSSR count). The van der Waals surface area contributed by atoms with E-state index in [9.17, 15) is 20.0 Å². The minimum atomic E-state index is -0.545. The molecule has 0 bridgehead atoms. The summed E-state index contributed by atoms with van der Waals surface area (Å²) in [5, 5.41) is 20.2. The highest BCUT2D eigenvalue weighted by atomic mass is 16.6. The van der Waals surface area contributed by atoms with E-state index >= 15 is 0 Å². The molecule has 102 valence electrons. The highest BCUT2D eigenvalue weighted by molar-refractivity contribution is 5.98. The molecule has 6 nitrogen and oxygen atoms in total. The monoisotopic (exact) mass is 264 g/mol. The van der Waals surface area contributed by atoms with Gasteiger partial charge >= 0.3 is 0 Å². The summed E-state index contributed by atoms with van der Waals surface area (Å²) >= 11 is 0. The zero-order chi connectivity index (χ0) is 14.0. The number of nitro groups is 1. The van der Waals surface area contributed by atoms with Gasteiger partial charge in [-0.25, -0.2) is 0 Å². The topological polar surface area (TPSA) is 83.7 Å². The third-order valence-electron chi connectivity index (χ3n) is 3.43. The molecule has 0 aliphatic carbocycles. The fourth-order valence-corrected chi connectivity index (χ4v) is 2.43. The van der Waals surface area contributed by atoms with Crippen LogP contribution in [0.5, 0.6) is 0 Å². The lowest BCUT2D eigenvalue weighted by atomic mass is 10.1. The van der Waals surface area contributed by atoms with Crippen LogP contribution >= 0.6 is 0 Å². The number of aliphatic hydroxyl groups is 1. The van der Waals surface area contributed by atoms with E-state index in [1.54, 1.807) is 13.0 Å². The minimum absolute atomic E-state index is 0.102. The van der Waals surface area contributed by atoms with E-state index in [-0.39, 0.29) is 29.8 Å². The van der Waals surface area contributed by atoms with E-state index < -0.39 is 4.92 Å². The highest BCUT2D eigenvalue weighted by Crippen LogP contribution is 2.25. The molecule has 1 aliphatic heterocycles. The lowest BCUT2D eigenvalue weighted by Gasteiger charge is -2.23. The molecule has 1 aromatic carbocycles. The molecular formula is C13H16N2O4. The highest BCUT2D eigenvalue weighted by Gasteiger charge is 2.32. The van der Waals surface area contributed by atoms with Crippen molar-refractivity contribution in [2.24, 2.45) is 0 Å². The van der Waals surface area contributed by atoms with Crippen molar-refractivity contribution in [3.8, 4) is 0 Å². The molecule has 1 fully saturated rings. The van der Waals surface area contributed by atoms with Crippen LogP contribution in [-0.2, 0) is 0 Å². The summed E-state index contributed by atoms with van der Waals surface area (Å²) in [4.78, 5) is 24.4. The van der Waals surface area contributed by atoms with E-state index in [2.05, 4.69) is 0 Å². The predicted octanol–water partition coefficient (Wildman–Crippen LogP) is 1.50. The van der Waals surface area contributed by atoms with Crippen molar-refractivity contribution in [1.82, 2.24) is 4.90 Å². The van der Waals surface area contributed by atoms with Crippen LogP contribution in [0.2, 0.25) is 0 Å². The fraction of sp³-hybridized carbons (Fsp3) is 0.462. The molecule has 1 aromatic rings. The second-order valence-corrected chi connectivity index (χ2v) is 4.75. The molecule has 19 heavy (non-hydrogen) atoms. The van der Waals surface area contributed by atoms with Crippen molar-refractivity contribution in [3.05, 3.63) is 39.4 Å². The van der Waals surface area contributed by atoms with Crippen LogP contribution in [0.1, 0.15) is 28.8 Å². The van der Waals surface area contributed by atoms with Crippen molar-refractivity contribution in [3.63, 3.8) is 0 Å². The van der Waals surface area contributed by atoms with Crippen LogP contribution in [0, 0.1) is 17.0 Å². The summed E-state index contributed by atoms with van der Waals surface area (Å²) in [6.45, 7) is 2.22. The van der Waals surface area contributed by atoms with Gasteiger partial charge in [-0.2, -0.15) is 0 Å². The van der Waals surface area contributed by atoms with Crippen molar-refractivity contribution in [1.29, 1.82) is 0 Å². The molecule has 1 N–H and O–H groups in total. The third kappa shape index (κ3) is 2.58. The number of hydrogen-bond donors (Lipinski definition) is 1. The summed E-state index contributed by atoms with van der Waals surface area (Å²) in [7, 11) is 0. The third-order valence-corrected chi connectivity index (χ3v) is 3.43. The lowest BCUT2D eigenvalue weighted by molar-refractivity contribution is -0.385. The van der Waals surface area contributed by atoms with Gasteiger partial charge in [-0.3, -0.25) is 14.9 Å². The Kier molecular flexibility index (Phi) is 3.80. The number of amides is 1. The van der Waals surface area contributed by atoms with E-state index in [1.807, 2.05) is 0 Å². The van der Waals surface area contributed by atoms with E-state index in [0.717, 1.165) is 18.4 Å².